The van der Waals surface area contributed by atoms with Crippen molar-refractivity contribution in [1.29, 1.82) is 0 Å². The Labute approximate surface area is 220 Å². The Balaban J connectivity index is 1.42. The zero-order chi connectivity index (χ0) is 25.8. The van der Waals surface area contributed by atoms with Gasteiger partial charge in [-0.2, -0.15) is 4.80 Å². The number of tetrazole rings is 1. The maximum absolute atomic E-state index is 13.8. The van der Waals surface area contributed by atoms with E-state index in [1.165, 1.54) is 4.80 Å². The fraction of sp³-hybridized carbons (Fsp3) is 0.500. The highest BCUT2D eigenvalue weighted by molar-refractivity contribution is 6.30. The van der Waals surface area contributed by atoms with Crippen LogP contribution >= 0.6 is 11.6 Å². The molecule has 196 valence electrons. The lowest BCUT2D eigenvalue weighted by molar-refractivity contribution is -0.143. The van der Waals surface area contributed by atoms with E-state index in [2.05, 4.69) is 20.7 Å². The molecule has 2 fully saturated rings. The number of aryl methyl sites for hydroxylation is 1. The SMILES string of the molecule is Cc1ccc(-c2nnn(CC(=O)N(C[C@@H]3CCCO3)[C@H](C(=O)NC3CCCC3)c3ccc(Cl)cc3)n2)o1. The number of halogens is 1. The molecule has 2 aromatic heterocycles. The molecule has 0 unspecified atom stereocenters. The first kappa shape index (κ1) is 25.4. The molecule has 1 aliphatic carbocycles. The predicted molar refractivity (Wildman–Crippen MR) is 136 cm³/mol. The Hall–Kier alpha value is -3.24. The minimum atomic E-state index is -0.842. The van der Waals surface area contributed by atoms with Gasteiger partial charge in [-0.25, -0.2) is 0 Å². The number of amides is 2. The van der Waals surface area contributed by atoms with E-state index in [1.54, 1.807) is 35.2 Å². The van der Waals surface area contributed by atoms with E-state index in [0.29, 0.717) is 28.8 Å². The van der Waals surface area contributed by atoms with E-state index >= 15 is 0 Å². The van der Waals surface area contributed by atoms with Gasteiger partial charge in [0.05, 0.1) is 6.10 Å². The summed E-state index contributed by atoms with van der Waals surface area (Å²) in [5.74, 6) is 0.974. The van der Waals surface area contributed by atoms with Crippen LogP contribution in [0.15, 0.2) is 40.8 Å². The van der Waals surface area contributed by atoms with Gasteiger partial charge in [0.25, 0.3) is 0 Å². The molecule has 3 aromatic rings. The minimum absolute atomic E-state index is 0.110. The number of aromatic nitrogens is 4. The fourth-order valence-corrected chi connectivity index (χ4v) is 5.13. The summed E-state index contributed by atoms with van der Waals surface area (Å²) in [6.45, 7) is 2.57. The van der Waals surface area contributed by atoms with Gasteiger partial charge >= 0.3 is 0 Å². The van der Waals surface area contributed by atoms with Crippen molar-refractivity contribution in [2.75, 3.05) is 13.2 Å². The third-order valence-electron chi connectivity index (χ3n) is 6.88. The highest BCUT2D eigenvalue weighted by Gasteiger charge is 2.35. The fourth-order valence-electron chi connectivity index (χ4n) is 5.00. The first-order valence-corrected chi connectivity index (χ1v) is 13.2. The molecule has 1 saturated heterocycles. The Morgan fingerprint density at radius 3 is 2.59 bits per heavy atom. The monoisotopic (exact) mass is 526 g/mol. The van der Waals surface area contributed by atoms with Crippen LogP contribution in [0.2, 0.25) is 5.02 Å². The molecule has 2 amide bonds. The zero-order valence-corrected chi connectivity index (χ0v) is 21.6. The van der Waals surface area contributed by atoms with Crippen LogP contribution < -0.4 is 5.32 Å². The summed E-state index contributed by atoms with van der Waals surface area (Å²) in [6.07, 6.45) is 5.65. The summed E-state index contributed by atoms with van der Waals surface area (Å²) < 4.78 is 11.4. The highest BCUT2D eigenvalue weighted by Crippen LogP contribution is 2.28. The molecule has 1 aliphatic heterocycles. The smallest absolute Gasteiger partial charge is 0.247 e. The number of nitrogens with one attached hydrogen (secondary N) is 1. The maximum Gasteiger partial charge on any atom is 0.247 e. The average Bonchev–Trinajstić information content (AvgIpc) is 3.69. The number of benzene rings is 1. The summed E-state index contributed by atoms with van der Waals surface area (Å²) in [6, 6.07) is 9.89. The van der Waals surface area contributed by atoms with Crippen LogP contribution in [0.5, 0.6) is 0 Å². The lowest BCUT2D eigenvalue weighted by Gasteiger charge is -2.33. The summed E-state index contributed by atoms with van der Waals surface area (Å²) in [4.78, 5) is 30.3. The molecule has 0 bridgehead atoms. The first-order chi connectivity index (χ1) is 18.0. The van der Waals surface area contributed by atoms with Gasteiger partial charge in [0.2, 0.25) is 17.6 Å². The van der Waals surface area contributed by atoms with Crippen LogP contribution in [-0.4, -0.2) is 62.2 Å². The second-order valence-electron chi connectivity index (χ2n) is 9.68. The summed E-state index contributed by atoms with van der Waals surface area (Å²) >= 11 is 6.14. The molecule has 1 saturated carbocycles. The van der Waals surface area contributed by atoms with Gasteiger partial charge in [-0.1, -0.05) is 36.6 Å². The van der Waals surface area contributed by atoms with Gasteiger partial charge in [-0.05, 0) is 67.6 Å². The molecule has 2 aliphatic rings. The van der Waals surface area contributed by atoms with Gasteiger partial charge in [0.15, 0.2) is 5.76 Å². The lowest BCUT2D eigenvalue weighted by Crippen LogP contribution is -2.49. The standard InChI is InChI=1S/C26H31ClN6O4/c1-17-8-13-22(37-17)25-29-31-33(30-25)16-23(34)32(15-21-7-4-14-36-21)24(18-9-11-19(27)12-10-18)26(35)28-20-5-2-3-6-20/h8-13,20-21,24H,2-7,14-16H2,1H3,(H,28,35)/t21-,24-/m0/s1. The predicted octanol–water partition coefficient (Wildman–Crippen LogP) is 3.70. The van der Waals surface area contributed by atoms with E-state index in [-0.39, 0.29) is 37.0 Å². The van der Waals surface area contributed by atoms with Crippen molar-refractivity contribution in [1.82, 2.24) is 30.4 Å². The number of hydrogen-bond acceptors (Lipinski definition) is 7. The van der Waals surface area contributed by atoms with E-state index in [9.17, 15) is 9.59 Å². The number of hydrogen-bond donors (Lipinski definition) is 1. The second-order valence-corrected chi connectivity index (χ2v) is 10.1. The Kier molecular flexibility index (Phi) is 7.85. The number of furan rings is 1. The Morgan fingerprint density at radius 2 is 1.92 bits per heavy atom. The molecule has 3 heterocycles. The van der Waals surface area contributed by atoms with E-state index in [4.69, 9.17) is 20.8 Å². The molecule has 5 rings (SSSR count). The van der Waals surface area contributed by atoms with Gasteiger partial charge in [0, 0.05) is 24.2 Å². The number of carbonyl (C=O) groups is 2. The average molecular weight is 527 g/mol. The number of nitrogens with zero attached hydrogens (tertiary/aromatic N) is 5. The van der Waals surface area contributed by atoms with Crippen LogP contribution in [0.25, 0.3) is 11.6 Å². The zero-order valence-electron chi connectivity index (χ0n) is 20.8. The van der Waals surface area contributed by atoms with Crippen molar-refractivity contribution < 1.29 is 18.7 Å². The first-order valence-electron chi connectivity index (χ1n) is 12.8. The molecular formula is C26H31ClN6O4. The van der Waals surface area contributed by atoms with Gasteiger partial charge < -0.3 is 19.4 Å². The van der Waals surface area contributed by atoms with Crippen molar-refractivity contribution in [2.24, 2.45) is 0 Å². The third kappa shape index (κ3) is 6.19. The molecular weight excluding hydrogens is 496 g/mol. The normalized spacial score (nSPS) is 18.7. The molecule has 0 radical (unpaired) electrons. The van der Waals surface area contributed by atoms with E-state index in [0.717, 1.165) is 44.3 Å². The molecule has 37 heavy (non-hydrogen) atoms. The largest absolute Gasteiger partial charge is 0.458 e. The van der Waals surface area contributed by atoms with Crippen molar-refractivity contribution in [3.8, 4) is 11.6 Å². The molecule has 2 atom stereocenters. The topological polar surface area (TPSA) is 115 Å². The van der Waals surface area contributed by atoms with Crippen LogP contribution in [0, 0.1) is 6.92 Å². The molecule has 1 N–H and O–H groups in total. The molecule has 1 aromatic carbocycles. The number of ether oxygens (including phenoxy) is 1. The summed E-state index contributed by atoms with van der Waals surface area (Å²) in [7, 11) is 0. The lowest BCUT2D eigenvalue weighted by atomic mass is 10.0. The number of carbonyl (C=O) groups excluding carboxylic acids is 2. The van der Waals surface area contributed by atoms with Crippen LogP contribution in [0.4, 0.5) is 0 Å². The summed E-state index contributed by atoms with van der Waals surface area (Å²) in [5, 5.41) is 16.1. The van der Waals surface area contributed by atoms with Crippen molar-refractivity contribution >= 4 is 23.4 Å². The van der Waals surface area contributed by atoms with E-state index in [1.807, 2.05) is 13.0 Å². The van der Waals surface area contributed by atoms with Crippen molar-refractivity contribution in [2.45, 2.75) is 70.2 Å². The maximum atomic E-state index is 13.8. The number of rotatable bonds is 9. The van der Waals surface area contributed by atoms with Gasteiger partial charge in [0.1, 0.15) is 18.3 Å². The quantitative estimate of drug-likeness (QED) is 0.452. The third-order valence-corrected chi connectivity index (χ3v) is 7.13. The molecule has 0 spiro atoms. The van der Waals surface area contributed by atoms with Crippen LogP contribution in [-0.2, 0) is 20.9 Å². The van der Waals surface area contributed by atoms with Crippen LogP contribution in [0.1, 0.15) is 55.9 Å². The minimum Gasteiger partial charge on any atom is -0.458 e. The van der Waals surface area contributed by atoms with Gasteiger partial charge in [-0.3, -0.25) is 9.59 Å². The van der Waals surface area contributed by atoms with E-state index < -0.39 is 6.04 Å². The highest BCUT2D eigenvalue weighted by atomic mass is 35.5. The molecule has 11 heteroatoms. The Morgan fingerprint density at radius 1 is 1.14 bits per heavy atom. The van der Waals surface area contributed by atoms with Crippen molar-refractivity contribution in [3.05, 3.63) is 52.7 Å². The van der Waals surface area contributed by atoms with Crippen LogP contribution in [0.3, 0.4) is 0 Å². The van der Waals surface area contributed by atoms with Gasteiger partial charge in [-0.15, -0.1) is 10.2 Å². The second kappa shape index (κ2) is 11.4. The van der Waals surface area contributed by atoms with Crippen molar-refractivity contribution in [3.63, 3.8) is 0 Å². The summed E-state index contributed by atoms with van der Waals surface area (Å²) in [5.41, 5.74) is 0.685. The molecule has 10 nitrogen and oxygen atoms in total. The Bertz CT molecular complexity index is 1210.